The van der Waals surface area contributed by atoms with Crippen molar-refractivity contribution < 1.29 is 4.79 Å². The Morgan fingerprint density at radius 2 is 1.92 bits per heavy atom. The third-order valence-corrected chi connectivity index (χ3v) is 5.79. The molecule has 0 N–H and O–H groups in total. The van der Waals surface area contributed by atoms with Crippen molar-refractivity contribution >= 4 is 27.5 Å². The average molecular weight is 385 g/mol. The van der Waals surface area contributed by atoms with Crippen molar-refractivity contribution in [2.45, 2.75) is 25.3 Å². The number of anilines is 1. The zero-order valence-electron chi connectivity index (χ0n) is 14.0. The van der Waals surface area contributed by atoms with Crippen LogP contribution in [-0.4, -0.2) is 37.0 Å². The van der Waals surface area contributed by atoms with Crippen molar-refractivity contribution in [1.29, 1.82) is 0 Å². The molecular formula is C20H21BrN2O. The average Bonchev–Trinajstić information content (AvgIpc) is 2.88. The molecule has 0 spiro atoms. The number of likely N-dealkylation sites (tertiary alicyclic amines) is 1. The number of piperidine rings is 1. The molecule has 0 aromatic heterocycles. The summed E-state index contributed by atoms with van der Waals surface area (Å²) >= 11 is 3.44. The van der Waals surface area contributed by atoms with Crippen molar-refractivity contribution in [2.75, 3.05) is 25.0 Å². The lowest BCUT2D eigenvalue weighted by Gasteiger charge is -2.36. The van der Waals surface area contributed by atoms with E-state index in [2.05, 4.69) is 57.9 Å². The molecule has 24 heavy (non-hydrogen) atoms. The molecule has 1 amide bonds. The first-order chi connectivity index (χ1) is 11.5. The van der Waals surface area contributed by atoms with Gasteiger partial charge in [-0.05, 0) is 62.8 Å². The highest BCUT2D eigenvalue weighted by molar-refractivity contribution is 9.10. The van der Waals surface area contributed by atoms with Crippen LogP contribution in [0.2, 0.25) is 0 Å². The molecule has 2 heterocycles. The number of halogens is 1. The molecule has 4 heteroatoms. The molecule has 0 bridgehead atoms. The highest BCUT2D eigenvalue weighted by Gasteiger charge is 2.43. The SMILES string of the molecule is Cc1ccc2c(c1)C1CN(C)CCC1N2C(=O)c1ccc(Br)cc1. The molecule has 2 aromatic carbocycles. The van der Waals surface area contributed by atoms with Gasteiger partial charge in [0, 0.05) is 34.2 Å². The van der Waals surface area contributed by atoms with Crippen LogP contribution in [0.15, 0.2) is 46.9 Å². The fraction of sp³-hybridized carbons (Fsp3) is 0.350. The van der Waals surface area contributed by atoms with Crippen LogP contribution in [0.5, 0.6) is 0 Å². The number of aryl methyl sites for hydroxylation is 1. The Hall–Kier alpha value is -1.65. The van der Waals surface area contributed by atoms with Crippen molar-refractivity contribution in [3.05, 3.63) is 63.6 Å². The predicted molar refractivity (Wildman–Crippen MR) is 101 cm³/mol. The highest BCUT2D eigenvalue weighted by atomic mass is 79.9. The summed E-state index contributed by atoms with van der Waals surface area (Å²) < 4.78 is 0.994. The summed E-state index contributed by atoms with van der Waals surface area (Å²) in [5.74, 6) is 0.530. The fourth-order valence-electron chi connectivity index (χ4n) is 4.08. The van der Waals surface area contributed by atoms with Gasteiger partial charge in [-0.1, -0.05) is 33.6 Å². The molecule has 0 saturated carbocycles. The van der Waals surface area contributed by atoms with Gasteiger partial charge in [0.1, 0.15) is 0 Å². The summed E-state index contributed by atoms with van der Waals surface area (Å²) in [5, 5.41) is 0. The van der Waals surface area contributed by atoms with E-state index in [1.165, 1.54) is 11.1 Å². The van der Waals surface area contributed by atoms with E-state index in [-0.39, 0.29) is 11.9 Å². The molecular weight excluding hydrogens is 364 g/mol. The van der Waals surface area contributed by atoms with Crippen molar-refractivity contribution in [3.63, 3.8) is 0 Å². The smallest absolute Gasteiger partial charge is 0.258 e. The zero-order chi connectivity index (χ0) is 16.8. The first-order valence-electron chi connectivity index (χ1n) is 8.43. The summed E-state index contributed by atoms with van der Waals surface area (Å²) in [6, 6.07) is 14.5. The van der Waals surface area contributed by atoms with Crippen LogP contribution < -0.4 is 4.90 Å². The Kier molecular flexibility index (Phi) is 3.97. The lowest BCUT2D eigenvalue weighted by atomic mass is 9.88. The minimum Gasteiger partial charge on any atom is -0.306 e. The largest absolute Gasteiger partial charge is 0.306 e. The van der Waals surface area contributed by atoms with Crippen LogP contribution in [0.4, 0.5) is 5.69 Å². The quantitative estimate of drug-likeness (QED) is 0.735. The van der Waals surface area contributed by atoms with E-state index in [1.807, 2.05) is 24.3 Å². The van der Waals surface area contributed by atoms with Crippen LogP contribution in [0.1, 0.15) is 33.8 Å². The summed E-state index contributed by atoms with van der Waals surface area (Å²) in [6.07, 6.45) is 1.02. The molecule has 2 aliphatic rings. The number of carbonyl (C=O) groups excluding carboxylic acids is 1. The van der Waals surface area contributed by atoms with Gasteiger partial charge < -0.3 is 9.80 Å². The normalized spacial score (nSPS) is 23.0. The topological polar surface area (TPSA) is 23.6 Å². The number of hydrogen-bond donors (Lipinski definition) is 0. The van der Waals surface area contributed by atoms with Gasteiger partial charge in [-0.2, -0.15) is 0 Å². The van der Waals surface area contributed by atoms with E-state index in [4.69, 9.17) is 0 Å². The van der Waals surface area contributed by atoms with Crippen molar-refractivity contribution in [1.82, 2.24) is 4.90 Å². The Morgan fingerprint density at radius 3 is 2.67 bits per heavy atom. The highest BCUT2D eigenvalue weighted by Crippen LogP contribution is 2.45. The van der Waals surface area contributed by atoms with Gasteiger partial charge >= 0.3 is 0 Å². The second-order valence-corrected chi connectivity index (χ2v) is 7.88. The maximum absolute atomic E-state index is 13.2. The van der Waals surface area contributed by atoms with E-state index < -0.39 is 0 Å². The first kappa shape index (κ1) is 15.9. The summed E-state index contributed by atoms with van der Waals surface area (Å²) in [5.41, 5.74) is 4.44. The number of rotatable bonds is 1. The molecule has 3 nitrogen and oxygen atoms in total. The fourth-order valence-corrected chi connectivity index (χ4v) is 4.34. The van der Waals surface area contributed by atoms with Gasteiger partial charge in [0.2, 0.25) is 0 Å². The van der Waals surface area contributed by atoms with Crippen LogP contribution in [0.25, 0.3) is 0 Å². The minimum absolute atomic E-state index is 0.115. The molecule has 1 saturated heterocycles. The number of fused-ring (bicyclic) bond motifs is 3. The number of amides is 1. The Bertz CT molecular complexity index is 787. The number of benzene rings is 2. The van der Waals surface area contributed by atoms with Crippen LogP contribution in [0.3, 0.4) is 0 Å². The van der Waals surface area contributed by atoms with Gasteiger partial charge in [-0.15, -0.1) is 0 Å². The van der Waals surface area contributed by atoms with Gasteiger partial charge in [-0.3, -0.25) is 4.79 Å². The lowest BCUT2D eigenvalue weighted by molar-refractivity contribution is 0.0964. The van der Waals surface area contributed by atoms with Gasteiger partial charge in [0.15, 0.2) is 0 Å². The first-order valence-corrected chi connectivity index (χ1v) is 9.22. The second-order valence-electron chi connectivity index (χ2n) is 6.97. The molecule has 1 fully saturated rings. The minimum atomic E-state index is 0.115. The summed E-state index contributed by atoms with van der Waals surface area (Å²) in [7, 11) is 2.17. The molecule has 2 unspecified atom stereocenters. The van der Waals surface area contributed by atoms with Crippen LogP contribution in [-0.2, 0) is 0 Å². The zero-order valence-corrected chi connectivity index (χ0v) is 15.6. The summed E-state index contributed by atoms with van der Waals surface area (Å²) in [6.45, 7) is 4.19. The third kappa shape index (κ3) is 2.58. The molecule has 2 atom stereocenters. The standard InChI is InChI=1S/C20H21BrN2O/c1-13-3-8-18-16(11-13)17-12-22(2)10-9-19(17)23(18)20(24)14-4-6-15(21)7-5-14/h3-8,11,17,19H,9-10,12H2,1-2H3. The van der Waals surface area contributed by atoms with Gasteiger partial charge in [0.05, 0.1) is 0 Å². The third-order valence-electron chi connectivity index (χ3n) is 5.26. The van der Waals surface area contributed by atoms with E-state index >= 15 is 0 Å². The van der Waals surface area contributed by atoms with E-state index in [0.717, 1.165) is 35.2 Å². The predicted octanol–water partition coefficient (Wildman–Crippen LogP) is 4.21. The monoisotopic (exact) mass is 384 g/mol. The molecule has 4 rings (SSSR count). The second kappa shape index (κ2) is 6.01. The van der Waals surface area contributed by atoms with E-state index in [0.29, 0.717) is 5.92 Å². The Morgan fingerprint density at radius 1 is 1.17 bits per heavy atom. The number of carbonyl (C=O) groups is 1. The van der Waals surface area contributed by atoms with Crippen molar-refractivity contribution in [3.8, 4) is 0 Å². The van der Waals surface area contributed by atoms with Crippen molar-refractivity contribution in [2.24, 2.45) is 0 Å². The molecule has 0 radical (unpaired) electrons. The van der Waals surface area contributed by atoms with Crippen LogP contribution >= 0.6 is 15.9 Å². The molecule has 2 aromatic rings. The van der Waals surface area contributed by atoms with Crippen LogP contribution in [0, 0.1) is 6.92 Å². The van der Waals surface area contributed by atoms with Gasteiger partial charge in [-0.25, -0.2) is 0 Å². The molecule has 124 valence electrons. The Labute approximate surface area is 151 Å². The number of nitrogens with zero attached hydrogens (tertiary/aromatic N) is 2. The number of hydrogen-bond acceptors (Lipinski definition) is 2. The van der Waals surface area contributed by atoms with E-state index in [9.17, 15) is 4.79 Å². The summed E-state index contributed by atoms with van der Waals surface area (Å²) in [4.78, 5) is 17.7. The molecule has 0 aliphatic carbocycles. The lowest BCUT2D eigenvalue weighted by Crippen LogP contribution is -2.47. The number of likely N-dealkylation sites (N-methyl/N-ethyl adjacent to an activating group) is 1. The van der Waals surface area contributed by atoms with Gasteiger partial charge in [0.25, 0.3) is 5.91 Å². The van der Waals surface area contributed by atoms with E-state index in [1.54, 1.807) is 0 Å². The maximum atomic E-state index is 13.2. The molecule has 2 aliphatic heterocycles. The maximum Gasteiger partial charge on any atom is 0.258 e. The Balaban J connectivity index is 1.77.